The Hall–Kier alpha value is -2.04. The molecular formula is C25H36O4. The third-order valence-corrected chi connectivity index (χ3v) is 4.99. The summed E-state index contributed by atoms with van der Waals surface area (Å²) >= 11 is 0. The van der Waals surface area contributed by atoms with Crippen LogP contribution >= 0.6 is 0 Å². The lowest BCUT2D eigenvalue weighted by Crippen LogP contribution is -1.98. The van der Waals surface area contributed by atoms with Crippen LogP contribution < -0.4 is 9.47 Å². The van der Waals surface area contributed by atoms with E-state index in [1.807, 2.05) is 48.5 Å². The van der Waals surface area contributed by atoms with Gasteiger partial charge in [0.15, 0.2) is 0 Å². The third-order valence-electron chi connectivity index (χ3n) is 4.99. The Bertz CT molecular complexity index is 614. The first-order chi connectivity index (χ1) is 14.3. The lowest BCUT2D eigenvalue weighted by atomic mass is 10.1. The van der Waals surface area contributed by atoms with Gasteiger partial charge in [0.2, 0.25) is 0 Å². The second-order valence-corrected chi connectivity index (χ2v) is 7.49. The number of hydrogen-bond donors (Lipinski definition) is 2. The first-order valence-corrected chi connectivity index (χ1v) is 11.0. The summed E-state index contributed by atoms with van der Waals surface area (Å²) in [5.41, 5.74) is 1.79. The molecular weight excluding hydrogens is 364 g/mol. The summed E-state index contributed by atoms with van der Waals surface area (Å²) in [5, 5.41) is 18.3. The molecule has 160 valence electrons. The van der Waals surface area contributed by atoms with E-state index in [-0.39, 0.29) is 13.2 Å². The molecule has 0 radical (unpaired) electrons. The van der Waals surface area contributed by atoms with Gasteiger partial charge in [-0.05, 0) is 48.2 Å². The van der Waals surface area contributed by atoms with Crippen LogP contribution in [0.1, 0.15) is 68.9 Å². The van der Waals surface area contributed by atoms with Gasteiger partial charge in [0.05, 0.1) is 26.4 Å². The molecule has 4 nitrogen and oxygen atoms in total. The minimum atomic E-state index is 0.0583. The summed E-state index contributed by atoms with van der Waals surface area (Å²) in [6.07, 6.45) is 11.0. The molecule has 2 aromatic carbocycles. The normalized spacial score (nSPS) is 10.8. The zero-order chi connectivity index (χ0) is 20.6. The molecule has 0 aromatic heterocycles. The Morgan fingerprint density at radius 1 is 0.517 bits per heavy atom. The van der Waals surface area contributed by atoms with E-state index in [0.29, 0.717) is 0 Å². The van der Waals surface area contributed by atoms with Crippen molar-refractivity contribution in [1.29, 1.82) is 0 Å². The number of hydrogen-bond acceptors (Lipinski definition) is 4. The van der Waals surface area contributed by atoms with E-state index in [9.17, 15) is 0 Å². The van der Waals surface area contributed by atoms with E-state index < -0.39 is 0 Å². The fourth-order valence-corrected chi connectivity index (χ4v) is 3.29. The van der Waals surface area contributed by atoms with Crippen LogP contribution in [0.4, 0.5) is 0 Å². The second-order valence-electron chi connectivity index (χ2n) is 7.49. The van der Waals surface area contributed by atoms with E-state index in [4.69, 9.17) is 19.7 Å². The molecule has 0 atom stereocenters. The van der Waals surface area contributed by atoms with E-state index >= 15 is 0 Å². The predicted octanol–water partition coefficient (Wildman–Crippen LogP) is 5.64. The maximum absolute atomic E-state index is 9.13. The summed E-state index contributed by atoms with van der Waals surface area (Å²) < 4.78 is 11.5. The number of aliphatic hydroxyl groups is 2. The summed E-state index contributed by atoms with van der Waals surface area (Å²) in [6.45, 7) is 1.61. The molecule has 2 rings (SSSR count). The number of benzene rings is 2. The molecule has 0 saturated carbocycles. The Morgan fingerprint density at radius 2 is 0.897 bits per heavy atom. The van der Waals surface area contributed by atoms with Crippen LogP contribution in [-0.4, -0.2) is 23.4 Å². The Balaban J connectivity index is 1.36. The van der Waals surface area contributed by atoms with Gasteiger partial charge in [0, 0.05) is 0 Å². The number of ether oxygens (including phenoxy) is 2. The van der Waals surface area contributed by atoms with Crippen LogP contribution in [-0.2, 0) is 13.2 Å². The van der Waals surface area contributed by atoms with Crippen LogP contribution in [0.3, 0.4) is 0 Å². The SMILES string of the molecule is OCc1cccc(OCCCCCCCCCCCOc2cccc(CO)c2)c1. The molecule has 2 aromatic rings. The van der Waals surface area contributed by atoms with Crippen LogP contribution in [0.2, 0.25) is 0 Å². The van der Waals surface area contributed by atoms with Crippen LogP contribution in [0.25, 0.3) is 0 Å². The van der Waals surface area contributed by atoms with Crippen molar-refractivity contribution < 1.29 is 19.7 Å². The minimum absolute atomic E-state index is 0.0583. The van der Waals surface area contributed by atoms with Crippen molar-refractivity contribution in [2.24, 2.45) is 0 Å². The maximum atomic E-state index is 9.13. The molecule has 0 fully saturated rings. The molecule has 2 N–H and O–H groups in total. The maximum Gasteiger partial charge on any atom is 0.119 e. The number of rotatable bonds is 16. The molecule has 29 heavy (non-hydrogen) atoms. The number of unbranched alkanes of at least 4 members (excludes halogenated alkanes) is 8. The number of aliphatic hydroxyl groups excluding tert-OH is 2. The van der Waals surface area contributed by atoms with Crippen molar-refractivity contribution >= 4 is 0 Å². The van der Waals surface area contributed by atoms with Crippen molar-refractivity contribution in [3.05, 3.63) is 59.7 Å². The molecule has 0 spiro atoms. The lowest BCUT2D eigenvalue weighted by molar-refractivity contribution is 0.278. The molecule has 4 heteroatoms. The van der Waals surface area contributed by atoms with E-state index in [1.54, 1.807) is 0 Å². The van der Waals surface area contributed by atoms with Crippen LogP contribution in [0, 0.1) is 0 Å². The van der Waals surface area contributed by atoms with E-state index in [1.165, 1.54) is 44.9 Å². The highest BCUT2D eigenvalue weighted by molar-refractivity contribution is 5.28. The minimum Gasteiger partial charge on any atom is -0.494 e. The summed E-state index contributed by atoms with van der Waals surface area (Å²) in [5.74, 6) is 1.70. The molecule has 0 amide bonds. The molecule has 0 bridgehead atoms. The van der Waals surface area contributed by atoms with Gasteiger partial charge >= 0.3 is 0 Å². The van der Waals surface area contributed by atoms with Crippen molar-refractivity contribution in [1.82, 2.24) is 0 Å². The first kappa shape index (κ1) is 23.2. The van der Waals surface area contributed by atoms with Gasteiger partial charge in [0.1, 0.15) is 11.5 Å². The molecule has 0 aliphatic carbocycles. The topological polar surface area (TPSA) is 58.9 Å². The van der Waals surface area contributed by atoms with Gasteiger partial charge in [-0.3, -0.25) is 0 Å². The molecule has 0 unspecified atom stereocenters. The van der Waals surface area contributed by atoms with Crippen molar-refractivity contribution in [3.8, 4) is 11.5 Å². The van der Waals surface area contributed by atoms with Gasteiger partial charge in [0.25, 0.3) is 0 Å². The molecule has 0 saturated heterocycles. The molecule has 0 heterocycles. The Morgan fingerprint density at radius 3 is 1.28 bits per heavy atom. The van der Waals surface area contributed by atoms with Gasteiger partial charge in [-0.1, -0.05) is 69.2 Å². The standard InChI is InChI=1S/C25H36O4/c26-20-22-12-10-14-24(18-22)28-16-8-6-4-2-1-3-5-7-9-17-29-25-15-11-13-23(19-25)21-27/h10-15,18-19,26-27H,1-9,16-17,20-21H2. The lowest BCUT2D eigenvalue weighted by Gasteiger charge is -2.08. The average Bonchev–Trinajstić information content (AvgIpc) is 2.77. The fraction of sp³-hybridized carbons (Fsp3) is 0.520. The van der Waals surface area contributed by atoms with E-state index in [0.717, 1.165) is 48.7 Å². The summed E-state index contributed by atoms with van der Waals surface area (Å²) in [6, 6.07) is 15.3. The average molecular weight is 401 g/mol. The molecule has 0 aliphatic heterocycles. The fourth-order valence-electron chi connectivity index (χ4n) is 3.29. The quantitative estimate of drug-likeness (QED) is 0.358. The van der Waals surface area contributed by atoms with Crippen molar-refractivity contribution in [2.45, 2.75) is 71.0 Å². The largest absolute Gasteiger partial charge is 0.494 e. The highest BCUT2D eigenvalue weighted by Crippen LogP contribution is 2.16. The zero-order valence-electron chi connectivity index (χ0n) is 17.5. The van der Waals surface area contributed by atoms with Crippen molar-refractivity contribution in [2.75, 3.05) is 13.2 Å². The summed E-state index contributed by atoms with van der Waals surface area (Å²) in [4.78, 5) is 0. The monoisotopic (exact) mass is 400 g/mol. The Kier molecular flexibility index (Phi) is 11.9. The highest BCUT2D eigenvalue weighted by Gasteiger charge is 1.98. The van der Waals surface area contributed by atoms with Crippen molar-refractivity contribution in [3.63, 3.8) is 0 Å². The molecule has 0 aliphatic rings. The Labute approximate surface area is 175 Å². The first-order valence-electron chi connectivity index (χ1n) is 11.0. The van der Waals surface area contributed by atoms with Gasteiger partial charge in [-0.25, -0.2) is 0 Å². The van der Waals surface area contributed by atoms with Gasteiger partial charge < -0.3 is 19.7 Å². The summed E-state index contributed by atoms with van der Waals surface area (Å²) in [7, 11) is 0. The smallest absolute Gasteiger partial charge is 0.119 e. The van der Waals surface area contributed by atoms with Crippen LogP contribution in [0.5, 0.6) is 11.5 Å². The highest BCUT2D eigenvalue weighted by atomic mass is 16.5. The van der Waals surface area contributed by atoms with Crippen LogP contribution in [0.15, 0.2) is 48.5 Å². The van der Waals surface area contributed by atoms with E-state index in [2.05, 4.69) is 0 Å². The predicted molar refractivity (Wildman–Crippen MR) is 117 cm³/mol. The second kappa shape index (κ2) is 14.9. The van der Waals surface area contributed by atoms with Gasteiger partial charge in [-0.15, -0.1) is 0 Å². The third kappa shape index (κ3) is 10.3. The zero-order valence-corrected chi connectivity index (χ0v) is 17.5. The van der Waals surface area contributed by atoms with Gasteiger partial charge in [-0.2, -0.15) is 0 Å².